The monoisotopic (exact) mass is 271 g/mol. The Bertz CT molecular complexity index is 689. The molecular weight excluding hydrogens is 254 g/mol. The molecule has 1 aliphatic rings. The molecule has 0 aromatic carbocycles. The summed E-state index contributed by atoms with van der Waals surface area (Å²) in [7, 11) is 1.85. The maximum Gasteiger partial charge on any atom is 0.359 e. The Balaban J connectivity index is 2.16. The van der Waals surface area contributed by atoms with Crippen LogP contribution in [-0.2, 0) is 24.6 Å². The average Bonchev–Trinajstić information content (AvgIpc) is 2.77. The first kappa shape index (κ1) is 12.8. The van der Waals surface area contributed by atoms with Crippen LogP contribution in [0.5, 0.6) is 0 Å². The van der Waals surface area contributed by atoms with Crippen LogP contribution in [0, 0.1) is 6.92 Å². The summed E-state index contributed by atoms with van der Waals surface area (Å²) in [5.74, 6) is -0.347. The molecule has 5 nitrogen and oxygen atoms in total. The number of hydrogen-bond donors (Lipinski definition) is 0. The van der Waals surface area contributed by atoms with Crippen molar-refractivity contribution in [3.8, 4) is 11.4 Å². The molecule has 5 heteroatoms. The summed E-state index contributed by atoms with van der Waals surface area (Å²) in [5.41, 5.74) is 5.45. The van der Waals surface area contributed by atoms with Gasteiger partial charge in [-0.1, -0.05) is 6.07 Å². The third-order valence-corrected chi connectivity index (χ3v) is 3.60. The van der Waals surface area contributed by atoms with E-state index in [4.69, 9.17) is 4.74 Å². The van der Waals surface area contributed by atoms with Crippen LogP contribution in [0.1, 0.15) is 34.2 Å². The Labute approximate surface area is 117 Å². The van der Waals surface area contributed by atoms with Crippen LogP contribution >= 0.6 is 0 Å². The van der Waals surface area contributed by atoms with Crippen LogP contribution in [0.25, 0.3) is 11.4 Å². The maximum atomic E-state index is 12.0. The summed E-state index contributed by atoms with van der Waals surface area (Å²) in [6.07, 6.45) is 1.68. The van der Waals surface area contributed by atoms with E-state index in [0.717, 1.165) is 35.5 Å². The fraction of sp³-hybridized carbons (Fsp3) is 0.400. The molecule has 20 heavy (non-hydrogen) atoms. The molecule has 0 radical (unpaired) electrons. The number of ether oxygens (including phenoxy) is 1. The molecule has 0 amide bonds. The van der Waals surface area contributed by atoms with Gasteiger partial charge >= 0.3 is 5.97 Å². The minimum absolute atomic E-state index is 0.347. The van der Waals surface area contributed by atoms with Crippen molar-refractivity contribution in [2.75, 3.05) is 6.61 Å². The number of nitrogens with zero attached hydrogens (tertiary/aromatic N) is 3. The van der Waals surface area contributed by atoms with E-state index in [-0.39, 0.29) is 5.97 Å². The van der Waals surface area contributed by atoms with Crippen LogP contribution in [0.15, 0.2) is 12.1 Å². The van der Waals surface area contributed by atoms with Gasteiger partial charge in [0.15, 0.2) is 5.69 Å². The number of fused-ring (bicyclic) bond motifs is 3. The smallest absolute Gasteiger partial charge is 0.359 e. The summed E-state index contributed by atoms with van der Waals surface area (Å²) in [4.78, 5) is 16.6. The van der Waals surface area contributed by atoms with Crippen molar-refractivity contribution in [1.82, 2.24) is 14.8 Å². The number of carbonyl (C=O) groups excluding carboxylic acids is 1. The molecule has 2 aromatic heterocycles. The average molecular weight is 271 g/mol. The Morgan fingerprint density at radius 2 is 2.20 bits per heavy atom. The molecule has 0 saturated carbocycles. The van der Waals surface area contributed by atoms with Crippen molar-refractivity contribution in [3.63, 3.8) is 0 Å². The second kappa shape index (κ2) is 4.74. The Kier molecular flexibility index (Phi) is 3.04. The zero-order chi connectivity index (χ0) is 14.3. The highest BCUT2D eigenvalue weighted by molar-refractivity contribution is 5.91. The molecule has 1 aliphatic carbocycles. The van der Waals surface area contributed by atoms with Crippen molar-refractivity contribution in [3.05, 3.63) is 34.6 Å². The van der Waals surface area contributed by atoms with Gasteiger partial charge in [-0.2, -0.15) is 5.10 Å². The Morgan fingerprint density at radius 3 is 2.95 bits per heavy atom. The van der Waals surface area contributed by atoms with Gasteiger partial charge in [0.05, 0.1) is 18.0 Å². The lowest BCUT2D eigenvalue weighted by Gasteiger charge is -2.17. The number of aryl methyl sites for hydroxylation is 3. The molecule has 104 valence electrons. The number of esters is 1. The molecule has 0 spiro atoms. The second-order valence-electron chi connectivity index (χ2n) is 4.98. The molecule has 0 saturated heterocycles. The number of aromatic nitrogens is 3. The molecule has 0 N–H and O–H groups in total. The lowest BCUT2D eigenvalue weighted by molar-refractivity contribution is 0.0517. The standard InChI is InChI=1S/C15H17N3O2/c1-4-20-15(19)13-11-8-7-10-6-5-9(2)16-12(10)14(11)18(3)17-13/h5-6H,4,7-8H2,1-3H3. The van der Waals surface area contributed by atoms with Gasteiger partial charge in [-0.15, -0.1) is 0 Å². The number of pyridine rings is 1. The van der Waals surface area contributed by atoms with E-state index in [0.29, 0.717) is 12.3 Å². The minimum atomic E-state index is -0.347. The second-order valence-corrected chi connectivity index (χ2v) is 4.98. The zero-order valence-corrected chi connectivity index (χ0v) is 11.9. The molecule has 0 aliphatic heterocycles. The summed E-state index contributed by atoms with van der Waals surface area (Å²) in [5, 5.41) is 4.34. The van der Waals surface area contributed by atoms with E-state index in [1.165, 1.54) is 5.56 Å². The van der Waals surface area contributed by atoms with E-state index in [9.17, 15) is 4.79 Å². The van der Waals surface area contributed by atoms with Crippen LogP contribution in [0.4, 0.5) is 0 Å². The minimum Gasteiger partial charge on any atom is -0.461 e. The van der Waals surface area contributed by atoms with Crippen molar-refractivity contribution in [2.45, 2.75) is 26.7 Å². The quantitative estimate of drug-likeness (QED) is 0.785. The van der Waals surface area contributed by atoms with E-state index in [2.05, 4.69) is 16.1 Å². The third kappa shape index (κ3) is 1.90. The van der Waals surface area contributed by atoms with Crippen LogP contribution in [0.3, 0.4) is 0 Å². The highest BCUT2D eigenvalue weighted by atomic mass is 16.5. The summed E-state index contributed by atoms with van der Waals surface area (Å²) in [6, 6.07) is 4.13. The highest BCUT2D eigenvalue weighted by Crippen LogP contribution is 2.33. The Hall–Kier alpha value is -2.17. The predicted molar refractivity (Wildman–Crippen MR) is 74.5 cm³/mol. The summed E-state index contributed by atoms with van der Waals surface area (Å²) in [6.45, 7) is 4.13. The van der Waals surface area contributed by atoms with E-state index >= 15 is 0 Å². The summed E-state index contributed by atoms with van der Waals surface area (Å²) >= 11 is 0. The van der Waals surface area contributed by atoms with Crippen molar-refractivity contribution < 1.29 is 9.53 Å². The zero-order valence-electron chi connectivity index (χ0n) is 11.9. The molecule has 0 fully saturated rings. The van der Waals surface area contributed by atoms with Crippen LogP contribution in [0.2, 0.25) is 0 Å². The third-order valence-electron chi connectivity index (χ3n) is 3.60. The fourth-order valence-corrected chi connectivity index (χ4v) is 2.72. The van der Waals surface area contributed by atoms with Crippen LogP contribution < -0.4 is 0 Å². The topological polar surface area (TPSA) is 57.0 Å². The van der Waals surface area contributed by atoms with E-state index in [1.54, 1.807) is 11.6 Å². The SMILES string of the molecule is CCOC(=O)c1nn(C)c2c1CCc1ccc(C)nc1-2. The molecule has 0 atom stereocenters. The van der Waals surface area contributed by atoms with Gasteiger partial charge in [0, 0.05) is 18.3 Å². The normalized spacial score (nSPS) is 12.8. The molecule has 0 unspecified atom stereocenters. The van der Waals surface area contributed by atoms with Crippen molar-refractivity contribution in [1.29, 1.82) is 0 Å². The lowest BCUT2D eigenvalue weighted by Crippen LogP contribution is -2.11. The molecule has 0 bridgehead atoms. The summed E-state index contributed by atoms with van der Waals surface area (Å²) < 4.78 is 6.83. The first-order valence-corrected chi connectivity index (χ1v) is 6.81. The van der Waals surface area contributed by atoms with E-state index < -0.39 is 0 Å². The Morgan fingerprint density at radius 1 is 1.40 bits per heavy atom. The largest absolute Gasteiger partial charge is 0.461 e. The molecule has 2 aromatic rings. The lowest BCUT2D eigenvalue weighted by atomic mass is 9.92. The van der Waals surface area contributed by atoms with Gasteiger partial charge in [0.25, 0.3) is 0 Å². The first-order valence-electron chi connectivity index (χ1n) is 6.81. The number of rotatable bonds is 2. The first-order chi connectivity index (χ1) is 9.61. The van der Waals surface area contributed by atoms with Gasteiger partial charge in [-0.25, -0.2) is 4.79 Å². The predicted octanol–water partition coefficient (Wildman–Crippen LogP) is 2.07. The molecule has 3 rings (SSSR count). The van der Waals surface area contributed by atoms with Gasteiger partial charge in [0.2, 0.25) is 0 Å². The number of carbonyl (C=O) groups is 1. The van der Waals surface area contributed by atoms with Crippen molar-refractivity contribution >= 4 is 5.97 Å². The van der Waals surface area contributed by atoms with Gasteiger partial charge in [0.1, 0.15) is 0 Å². The molecular formula is C15H17N3O2. The van der Waals surface area contributed by atoms with E-state index in [1.807, 2.05) is 20.0 Å². The molecule has 2 heterocycles. The van der Waals surface area contributed by atoms with Crippen LogP contribution in [-0.4, -0.2) is 27.3 Å². The van der Waals surface area contributed by atoms with Gasteiger partial charge < -0.3 is 4.74 Å². The number of hydrogen-bond acceptors (Lipinski definition) is 4. The van der Waals surface area contributed by atoms with Crippen molar-refractivity contribution in [2.24, 2.45) is 7.05 Å². The van der Waals surface area contributed by atoms with Gasteiger partial charge in [-0.05, 0) is 38.3 Å². The highest BCUT2D eigenvalue weighted by Gasteiger charge is 2.28. The maximum absolute atomic E-state index is 12.0. The fourth-order valence-electron chi connectivity index (χ4n) is 2.72. The van der Waals surface area contributed by atoms with Gasteiger partial charge in [-0.3, -0.25) is 9.67 Å².